The number of carbonyl (C=O) groups is 1. The van der Waals surface area contributed by atoms with Crippen LogP contribution in [-0.4, -0.2) is 32.7 Å². The van der Waals surface area contributed by atoms with E-state index >= 15 is 0 Å². The summed E-state index contributed by atoms with van der Waals surface area (Å²) in [5.74, 6) is -0.220. The Morgan fingerprint density at radius 3 is 2.44 bits per heavy atom. The Morgan fingerprint density at radius 1 is 1.00 bits per heavy atom. The van der Waals surface area contributed by atoms with E-state index < -0.39 is 6.04 Å². The summed E-state index contributed by atoms with van der Waals surface area (Å²) in [6, 6.07) is 18.1. The van der Waals surface area contributed by atoms with Crippen molar-refractivity contribution < 1.29 is 4.79 Å². The average molecular weight is 425 g/mol. The summed E-state index contributed by atoms with van der Waals surface area (Å²) in [6.45, 7) is 0. The Morgan fingerprint density at radius 2 is 1.75 bits per heavy atom. The van der Waals surface area contributed by atoms with Crippen molar-refractivity contribution in [3.05, 3.63) is 96.8 Å². The number of anilines is 2. The first-order chi connectivity index (χ1) is 15.6. The second-order valence-electron chi connectivity index (χ2n) is 7.27. The lowest BCUT2D eigenvalue weighted by Gasteiger charge is -2.19. The van der Waals surface area contributed by atoms with Crippen LogP contribution in [0.1, 0.15) is 11.3 Å². The van der Waals surface area contributed by atoms with Crippen molar-refractivity contribution in [1.29, 1.82) is 5.41 Å². The number of aromatic nitrogens is 3. The van der Waals surface area contributed by atoms with Gasteiger partial charge in [-0.25, -0.2) is 4.98 Å². The number of nitrogen functional groups attached to an aromatic ring is 1. The van der Waals surface area contributed by atoms with Crippen molar-refractivity contribution in [3.8, 4) is 11.1 Å². The van der Waals surface area contributed by atoms with Crippen molar-refractivity contribution in [2.24, 2.45) is 5.73 Å². The lowest BCUT2D eigenvalue weighted by atomic mass is 10.1. The number of imidazole rings is 1. The third kappa shape index (κ3) is 5.17. The second-order valence-corrected chi connectivity index (χ2v) is 7.27. The normalized spacial score (nSPS) is 11.5. The molecule has 2 aromatic carbocycles. The number of H-pyrrole nitrogens is 1. The molecule has 4 rings (SSSR count). The van der Waals surface area contributed by atoms with Gasteiger partial charge in [0, 0.05) is 47.6 Å². The van der Waals surface area contributed by atoms with Crippen LogP contribution in [-0.2, 0) is 11.2 Å². The minimum absolute atomic E-state index is 0.0301. The molecular formula is C24H23N7O. The number of hydrogen-bond acceptors (Lipinski definition) is 5. The first-order valence-electron chi connectivity index (χ1n) is 10.1. The van der Waals surface area contributed by atoms with E-state index in [1.54, 1.807) is 43.1 Å². The van der Waals surface area contributed by atoms with Crippen LogP contribution in [0.2, 0.25) is 0 Å². The molecule has 0 fully saturated rings. The molecule has 2 heterocycles. The van der Waals surface area contributed by atoms with Crippen LogP contribution < -0.4 is 16.4 Å². The van der Waals surface area contributed by atoms with Gasteiger partial charge in [-0.1, -0.05) is 24.3 Å². The molecule has 8 nitrogen and oxygen atoms in total. The van der Waals surface area contributed by atoms with E-state index in [-0.39, 0.29) is 11.7 Å². The van der Waals surface area contributed by atoms with Crippen LogP contribution in [0.3, 0.4) is 0 Å². The summed E-state index contributed by atoms with van der Waals surface area (Å²) in [5.41, 5.74) is 10.5. The van der Waals surface area contributed by atoms with Gasteiger partial charge in [0.2, 0.25) is 5.91 Å². The second kappa shape index (κ2) is 9.57. The topological polar surface area (TPSA) is 133 Å². The van der Waals surface area contributed by atoms with Gasteiger partial charge in [0.25, 0.3) is 0 Å². The van der Waals surface area contributed by atoms with Gasteiger partial charge in [0.15, 0.2) is 0 Å². The molecule has 4 aromatic rings. The number of aromatic amines is 1. The third-order valence-electron chi connectivity index (χ3n) is 4.98. The smallest absolute Gasteiger partial charge is 0.247 e. The fourth-order valence-electron chi connectivity index (χ4n) is 3.32. The largest absolute Gasteiger partial charge is 0.384 e. The van der Waals surface area contributed by atoms with Crippen LogP contribution in [0.5, 0.6) is 0 Å². The number of hydrogen-bond donors (Lipinski definition) is 5. The van der Waals surface area contributed by atoms with Crippen LogP contribution in [0.4, 0.5) is 11.4 Å². The van der Waals surface area contributed by atoms with Crippen molar-refractivity contribution in [1.82, 2.24) is 15.0 Å². The molecule has 6 N–H and O–H groups in total. The van der Waals surface area contributed by atoms with E-state index in [1.165, 1.54) is 0 Å². The van der Waals surface area contributed by atoms with Crippen LogP contribution in [0.15, 0.2) is 85.6 Å². The minimum Gasteiger partial charge on any atom is -0.384 e. The number of carbonyl (C=O) groups excluding carboxylic acids is 1. The average Bonchev–Trinajstić information content (AvgIpc) is 3.33. The molecule has 0 spiro atoms. The molecular weight excluding hydrogens is 402 g/mol. The summed E-state index contributed by atoms with van der Waals surface area (Å²) in [6.07, 6.45) is 7.18. The highest BCUT2D eigenvalue weighted by Crippen LogP contribution is 2.21. The number of amides is 1. The zero-order valence-electron chi connectivity index (χ0n) is 17.2. The summed E-state index contributed by atoms with van der Waals surface area (Å²) < 4.78 is 0. The zero-order chi connectivity index (χ0) is 22.3. The zero-order valence-corrected chi connectivity index (χ0v) is 17.2. The van der Waals surface area contributed by atoms with Gasteiger partial charge < -0.3 is 21.4 Å². The first-order valence-corrected chi connectivity index (χ1v) is 10.1. The van der Waals surface area contributed by atoms with Gasteiger partial charge >= 0.3 is 0 Å². The summed E-state index contributed by atoms with van der Waals surface area (Å²) >= 11 is 0. The monoisotopic (exact) mass is 425 g/mol. The predicted molar refractivity (Wildman–Crippen MR) is 125 cm³/mol. The summed E-state index contributed by atoms with van der Waals surface area (Å²) in [5, 5.41) is 13.9. The first kappa shape index (κ1) is 20.8. The van der Waals surface area contributed by atoms with E-state index in [0.29, 0.717) is 23.4 Å². The Bertz CT molecular complexity index is 1190. The van der Waals surface area contributed by atoms with Gasteiger partial charge in [0.1, 0.15) is 11.9 Å². The van der Waals surface area contributed by atoms with Crippen molar-refractivity contribution in [2.45, 2.75) is 12.5 Å². The maximum absolute atomic E-state index is 13.1. The molecule has 0 saturated heterocycles. The Kier molecular flexibility index (Phi) is 6.22. The molecule has 0 bridgehead atoms. The Labute approximate surface area is 185 Å². The number of amidine groups is 1. The number of nitrogens with one attached hydrogen (secondary N) is 4. The highest BCUT2D eigenvalue weighted by molar-refractivity contribution is 5.98. The molecule has 1 atom stereocenters. The number of benzene rings is 2. The number of pyridine rings is 1. The van der Waals surface area contributed by atoms with E-state index in [1.807, 2.05) is 42.5 Å². The van der Waals surface area contributed by atoms with Gasteiger partial charge in [-0.3, -0.25) is 15.2 Å². The minimum atomic E-state index is -0.572. The van der Waals surface area contributed by atoms with Crippen molar-refractivity contribution >= 4 is 23.1 Å². The van der Waals surface area contributed by atoms with Crippen LogP contribution in [0.25, 0.3) is 11.1 Å². The summed E-state index contributed by atoms with van der Waals surface area (Å²) in [7, 11) is 0. The van der Waals surface area contributed by atoms with Crippen molar-refractivity contribution in [2.75, 3.05) is 10.6 Å². The molecule has 0 unspecified atom stereocenters. The molecule has 0 aliphatic carbocycles. The van der Waals surface area contributed by atoms with Crippen LogP contribution in [0, 0.1) is 5.41 Å². The van der Waals surface area contributed by atoms with E-state index in [2.05, 4.69) is 25.6 Å². The Hall–Kier alpha value is -4.46. The van der Waals surface area contributed by atoms with Crippen LogP contribution >= 0.6 is 0 Å². The van der Waals surface area contributed by atoms with E-state index in [9.17, 15) is 4.79 Å². The lowest BCUT2D eigenvalue weighted by Crippen LogP contribution is -2.36. The lowest BCUT2D eigenvalue weighted by molar-refractivity contribution is -0.116. The predicted octanol–water partition coefficient (Wildman–Crippen LogP) is 3.42. The van der Waals surface area contributed by atoms with Crippen molar-refractivity contribution in [3.63, 3.8) is 0 Å². The fourth-order valence-corrected chi connectivity index (χ4v) is 3.32. The number of rotatable bonds is 8. The molecule has 0 aliphatic rings. The SMILES string of the molecule is N=C(N)c1cccc(N[C@@H](Cc2cnc[nH]2)C(=O)Nc2ccc(-c3ccncc3)cc2)c1. The molecule has 1 amide bonds. The molecule has 32 heavy (non-hydrogen) atoms. The molecule has 0 saturated carbocycles. The van der Waals surface area contributed by atoms with E-state index in [4.69, 9.17) is 11.1 Å². The quantitative estimate of drug-likeness (QED) is 0.218. The standard InChI is InChI=1S/C24H23N7O/c25-23(26)18-2-1-3-20(12-18)30-22(13-21-14-28-15-29-21)24(32)31-19-6-4-16(5-7-19)17-8-10-27-11-9-17/h1-12,14-15,22,30H,13H2,(H3,25,26)(H,28,29)(H,31,32)/t22-/m0/s1. The summed E-state index contributed by atoms with van der Waals surface area (Å²) in [4.78, 5) is 24.2. The molecule has 0 radical (unpaired) electrons. The van der Waals surface area contributed by atoms with Gasteiger partial charge in [-0.2, -0.15) is 0 Å². The Balaban J connectivity index is 1.51. The van der Waals surface area contributed by atoms with Gasteiger partial charge in [0.05, 0.1) is 6.33 Å². The molecule has 160 valence electrons. The molecule has 8 heteroatoms. The van der Waals surface area contributed by atoms with Gasteiger partial charge in [-0.15, -0.1) is 0 Å². The number of nitrogens with zero attached hydrogens (tertiary/aromatic N) is 2. The molecule has 2 aromatic heterocycles. The van der Waals surface area contributed by atoms with E-state index in [0.717, 1.165) is 16.8 Å². The highest BCUT2D eigenvalue weighted by Gasteiger charge is 2.20. The van der Waals surface area contributed by atoms with Gasteiger partial charge in [-0.05, 0) is 47.5 Å². The third-order valence-corrected chi connectivity index (χ3v) is 4.98. The molecule has 0 aliphatic heterocycles. The highest BCUT2D eigenvalue weighted by atomic mass is 16.2. The maximum atomic E-state index is 13.1. The fraction of sp³-hybridized carbons (Fsp3) is 0.0833. The maximum Gasteiger partial charge on any atom is 0.247 e. The number of nitrogens with two attached hydrogens (primary N) is 1.